The fourth-order valence-electron chi connectivity index (χ4n) is 1.95. The maximum Gasteiger partial charge on any atom is 0.416 e. The lowest BCUT2D eigenvalue weighted by Crippen LogP contribution is -2.17. The number of nitrogens with one attached hydrogen (secondary N) is 1. The van der Waals surface area contributed by atoms with E-state index in [-0.39, 0.29) is 6.04 Å². The maximum atomic E-state index is 12.5. The van der Waals surface area contributed by atoms with Crippen molar-refractivity contribution in [3.05, 3.63) is 55.1 Å². The third-order valence-electron chi connectivity index (χ3n) is 3.08. The smallest absolute Gasteiger partial charge is 0.312 e. The van der Waals surface area contributed by atoms with Gasteiger partial charge in [0.2, 0.25) is 0 Å². The van der Waals surface area contributed by atoms with Gasteiger partial charge in [0, 0.05) is 10.9 Å². The molecule has 0 bridgehead atoms. The third-order valence-corrected chi connectivity index (χ3v) is 5.67. The van der Waals surface area contributed by atoms with Crippen molar-refractivity contribution in [3.63, 3.8) is 0 Å². The molecule has 21 heavy (non-hydrogen) atoms. The number of thiophene rings is 1. The summed E-state index contributed by atoms with van der Waals surface area (Å²) in [6.45, 7) is 0. The molecule has 1 aromatic heterocycles. The predicted octanol–water partition coefficient (Wildman–Crippen LogP) is 5.69. The van der Waals surface area contributed by atoms with E-state index in [0.29, 0.717) is 11.4 Å². The van der Waals surface area contributed by atoms with Crippen molar-refractivity contribution >= 4 is 38.9 Å². The summed E-state index contributed by atoms with van der Waals surface area (Å²) in [7, 11) is 1.82. The van der Waals surface area contributed by atoms with E-state index >= 15 is 0 Å². The first-order valence-electron chi connectivity index (χ1n) is 6.09. The van der Waals surface area contributed by atoms with Crippen molar-refractivity contribution in [2.24, 2.45) is 0 Å². The molecule has 1 heterocycles. The summed E-state index contributed by atoms with van der Waals surface area (Å²) >= 11 is 10.9. The number of alkyl halides is 3. The van der Waals surface area contributed by atoms with Crippen LogP contribution in [0.2, 0.25) is 5.02 Å². The van der Waals surface area contributed by atoms with E-state index in [1.165, 1.54) is 23.5 Å². The van der Waals surface area contributed by atoms with Gasteiger partial charge in [-0.15, -0.1) is 11.3 Å². The van der Waals surface area contributed by atoms with Crippen LogP contribution >= 0.6 is 38.9 Å². The Bertz CT molecular complexity index is 590. The molecular formula is C14H12BrClF3NS. The van der Waals surface area contributed by atoms with E-state index in [1.54, 1.807) is 0 Å². The number of rotatable bonds is 4. The molecule has 2 rings (SSSR count). The van der Waals surface area contributed by atoms with E-state index in [2.05, 4.69) is 21.2 Å². The molecule has 1 aromatic carbocycles. The number of hydrogen-bond acceptors (Lipinski definition) is 2. The van der Waals surface area contributed by atoms with Crippen LogP contribution in [0.3, 0.4) is 0 Å². The van der Waals surface area contributed by atoms with E-state index in [4.69, 9.17) is 11.6 Å². The normalized spacial score (nSPS) is 13.4. The van der Waals surface area contributed by atoms with Crippen LogP contribution in [0.15, 0.2) is 34.1 Å². The first-order valence-corrected chi connectivity index (χ1v) is 8.08. The highest BCUT2D eigenvalue weighted by Crippen LogP contribution is 2.36. The van der Waals surface area contributed by atoms with Crippen molar-refractivity contribution in [1.82, 2.24) is 5.32 Å². The molecule has 1 nitrogen and oxygen atoms in total. The average molecular weight is 399 g/mol. The minimum Gasteiger partial charge on any atom is -0.312 e. The molecule has 1 atom stereocenters. The molecule has 0 aliphatic rings. The quantitative estimate of drug-likeness (QED) is 0.698. The molecule has 0 amide bonds. The van der Waals surface area contributed by atoms with Crippen LogP contribution in [0.1, 0.15) is 22.0 Å². The second-order valence-electron chi connectivity index (χ2n) is 4.51. The van der Waals surface area contributed by atoms with Crippen LogP contribution in [0.4, 0.5) is 13.2 Å². The largest absolute Gasteiger partial charge is 0.416 e. The van der Waals surface area contributed by atoms with E-state index < -0.39 is 11.7 Å². The van der Waals surface area contributed by atoms with Gasteiger partial charge >= 0.3 is 6.18 Å². The lowest BCUT2D eigenvalue weighted by atomic mass is 10.0. The molecule has 0 spiro atoms. The summed E-state index contributed by atoms with van der Waals surface area (Å²) in [4.78, 5) is 1.04. The fourth-order valence-corrected chi connectivity index (χ4v) is 3.80. The van der Waals surface area contributed by atoms with Crippen LogP contribution in [-0.2, 0) is 12.6 Å². The molecule has 0 aliphatic heterocycles. The monoisotopic (exact) mass is 397 g/mol. The van der Waals surface area contributed by atoms with Gasteiger partial charge in [-0.05, 0) is 53.2 Å². The summed E-state index contributed by atoms with van der Waals surface area (Å²) in [5.41, 5.74) is 0.206. The molecule has 0 aliphatic carbocycles. The zero-order valence-corrected chi connectivity index (χ0v) is 14.1. The van der Waals surface area contributed by atoms with E-state index in [1.807, 2.05) is 13.1 Å². The van der Waals surface area contributed by atoms with Gasteiger partial charge in [-0.3, -0.25) is 0 Å². The lowest BCUT2D eigenvalue weighted by molar-refractivity contribution is -0.137. The highest BCUT2D eigenvalue weighted by Gasteiger charge is 2.30. The van der Waals surface area contributed by atoms with Gasteiger partial charge in [-0.1, -0.05) is 23.7 Å². The first-order chi connectivity index (χ1) is 9.81. The van der Waals surface area contributed by atoms with E-state index in [9.17, 15) is 13.2 Å². The summed E-state index contributed by atoms with van der Waals surface area (Å²) in [5.74, 6) is 0. The minimum absolute atomic E-state index is 0.00976. The van der Waals surface area contributed by atoms with Crippen LogP contribution in [0.25, 0.3) is 0 Å². The topological polar surface area (TPSA) is 12.0 Å². The van der Waals surface area contributed by atoms with Crippen LogP contribution in [-0.4, -0.2) is 7.05 Å². The Labute approximate surface area is 138 Å². The molecule has 7 heteroatoms. The highest BCUT2D eigenvalue weighted by molar-refractivity contribution is 9.11. The first kappa shape index (κ1) is 16.8. The SMILES string of the molecule is CNC(Cc1ccc(C(F)(F)F)cc1)c1cc(Cl)c(Br)s1. The zero-order valence-electron chi connectivity index (χ0n) is 11.0. The van der Waals surface area contributed by atoms with Crippen LogP contribution < -0.4 is 5.32 Å². The Morgan fingerprint density at radius 2 is 1.90 bits per heavy atom. The van der Waals surface area contributed by atoms with Gasteiger partial charge in [0.05, 0.1) is 14.4 Å². The van der Waals surface area contributed by atoms with Crippen molar-refractivity contribution < 1.29 is 13.2 Å². The van der Waals surface area contributed by atoms with Gasteiger partial charge < -0.3 is 5.32 Å². The molecule has 0 radical (unpaired) electrons. The van der Waals surface area contributed by atoms with Gasteiger partial charge in [-0.25, -0.2) is 0 Å². The van der Waals surface area contributed by atoms with E-state index in [0.717, 1.165) is 26.4 Å². The zero-order chi connectivity index (χ0) is 15.6. The molecule has 114 valence electrons. The van der Waals surface area contributed by atoms with Crippen LogP contribution in [0.5, 0.6) is 0 Å². The summed E-state index contributed by atoms with van der Waals surface area (Å²) < 4.78 is 38.4. The predicted molar refractivity (Wildman–Crippen MR) is 84.0 cm³/mol. The highest BCUT2D eigenvalue weighted by atomic mass is 79.9. The number of benzene rings is 1. The third kappa shape index (κ3) is 4.22. The second kappa shape index (κ2) is 6.69. The van der Waals surface area contributed by atoms with Crippen molar-refractivity contribution in [3.8, 4) is 0 Å². The molecule has 0 saturated carbocycles. The summed E-state index contributed by atoms with van der Waals surface area (Å²) in [6, 6.07) is 7.12. The summed E-state index contributed by atoms with van der Waals surface area (Å²) in [6.07, 6.45) is -3.70. The Balaban J connectivity index is 2.15. The Morgan fingerprint density at radius 3 is 2.33 bits per heavy atom. The number of hydrogen-bond donors (Lipinski definition) is 1. The van der Waals surface area contributed by atoms with Gasteiger partial charge in [-0.2, -0.15) is 13.2 Å². The second-order valence-corrected chi connectivity index (χ2v) is 7.32. The molecule has 0 fully saturated rings. The minimum atomic E-state index is -4.30. The van der Waals surface area contributed by atoms with Crippen molar-refractivity contribution in [2.75, 3.05) is 7.05 Å². The lowest BCUT2D eigenvalue weighted by Gasteiger charge is -2.15. The average Bonchev–Trinajstić information content (AvgIpc) is 2.75. The van der Waals surface area contributed by atoms with Gasteiger partial charge in [0.15, 0.2) is 0 Å². The summed E-state index contributed by atoms with van der Waals surface area (Å²) in [5, 5.41) is 3.80. The molecule has 1 unspecified atom stereocenters. The van der Waals surface area contributed by atoms with Gasteiger partial charge in [0.25, 0.3) is 0 Å². The Hall–Kier alpha value is -0.560. The maximum absolute atomic E-state index is 12.5. The standard InChI is InChI=1S/C14H12BrClF3NS/c1-20-11(12-7-10(16)13(15)21-12)6-8-2-4-9(5-3-8)14(17,18)19/h2-5,7,11,20H,6H2,1H3. The van der Waals surface area contributed by atoms with Crippen molar-refractivity contribution in [1.29, 1.82) is 0 Å². The number of halogens is 5. The van der Waals surface area contributed by atoms with Crippen LogP contribution in [0, 0.1) is 0 Å². The molecular weight excluding hydrogens is 387 g/mol. The van der Waals surface area contributed by atoms with Crippen molar-refractivity contribution in [2.45, 2.75) is 18.6 Å². The molecule has 0 saturated heterocycles. The molecule has 1 N–H and O–H groups in total. The Kier molecular flexibility index (Phi) is 5.35. The Morgan fingerprint density at radius 1 is 1.29 bits per heavy atom. The van der Waals surface area contributed by atoms with Gasteiger partial charge in [0.1, 0.15) is 0 Å². The fraction of sp³-hybridized carbons (Fsp3) is 0.286. The number of likely N-dealkylation sites (N-methyl/N-ethyl adjacent to an activating group) is 1. The molecule has 2 aromatic rings.